The lowest BCUT2D eigenvalue weighted by Gasteiger charge is -2.08. The number of nitrogens with zero attached hydrogens (tertiary/aromatic N) is 4. The number of aryl methyl sites for hydroxylation is 1. The van der Waals surface area contributed by atoms with Gasteiger partial charge in [0.2, 0.25) is 0 Å². The molecule has 0 radical (unpaired) electrons. The normalized spacial score (nSPS) is 10.8. The van der Waals surface area contributed by atoms with Crippen LogP contribution in [0.5, 0.6) is 0 Å². The molecular formula is C26H23N7O2. The van der Waals surface area contributed by atoms with Gasteiger partial charge in [0.15, 0.2) is 11.6 Å². The molecule has 174 valence electrons. The molecule has 0 bridgehead atoms. The molecule has 3 heterocycles. The van der Waals surface area contributed by atoms with E-state index in [0.717, 1.165) is 16.5 Å². The van der Waals surface area contributed by atoms with Gasteiger partial charge in [-0.2, -0.15) is 0 Å². The van der Waals surface area contributed by atoms with Crippen molar-refractivity contribution in [3.05, 3.63) is 90.1 Å². The quantitative estimate of drug-likeness (QED) is 0.285. The van der Waals surface area contributed by atoms with E-state index >= 15 is 0 Å². The first kappa shape index (κ1) is 22.0. The maximum atomic E-state index is 12.7. The number of carbonyl (C=O) groups excluding carboxylic acids is 1. The fourth-order valence-electron chi connectivity index (χ4n) is 3.52. The molecule has 0 unspecified atom stereocenters. The summed E-state index contributed by atoms with van der Waals surface area (Å²) in [6, 6.07) is 22.5. The van der Waals surface area contributed by atoms with Crippen LogP contribution in [0.25, 0.3) is 22.2 Å². The number of pyridine rings is 1. The molecule has 9 heteroatoms. The number of hydrogen-bond acceptors (Lipinski definition) is 8. The molecule has 9 nitrogen and oxygen atoms in total. The van der Waals surface area contributed by atoms with E-state index < -0.39 is 0 Å². The molecule has 2 aromatic carbocycles. The second-order valence-corrected chi connectivity index (χ2v) is 7.94. The average Bonchev–Trinajstić information content (AvgIpc) is 3.33. The van der Waals surface area contributed by atoms with Crippen LogP contribution in [-0.4, -0.2) is 39.3 Å². The highest BCUT2D eigenvalue weighted by atomic mass is 16.5. The van der Waals surface area contributed by atoms with Crippen LogP contribution in [0, 0.1) is 6.92 Å². The summed E-state index contributed by atoms with van der Waals surface area (Å²) in [5, 5.41) is 22.4. The van der Waals surface area contributed by atoms with Crippen molar-refractivity contribution in [1.82, 2.24) is 25.7 Å². The van der Waals surface area contributed by atoms with Crippen LogP contribution >= 0.6 is 0 Å². The maximum Gasteiger partial charge on any atom is 0.251 e. The Kier molecular flexibility index (Phi) is 6.29. The number of anilines is 3. The Bertz CT molecular complexity index is 1430. The fraction of sp³-hybridized carbons (Fsp3) is 0.115. The minimum Gasteiger partial charge on any atom is -0.367 e. The molecule has 0 saturated carbocycles. The van der Waals surface area contributed by atoms with E-state index in [1.807, 2.05) is 61.5 Å². The van der Waals surface area contributed by atoms with Gasteiger partial charge >= 0.3 is 0 Å². The summed E-state index contributed by atoms with van der Waals surface area (Å²) < 4.78 is 5.52. The van der Waals surface area contributed by atoms with Gasteiger partial charge in [0, 0.05) is 30.4 Å². The number of carbonyl (C=O) groups is 1. The third kappa shape index (κ3) is 5.25. The zero-order valence-corrected chi connectivity index (χ0v) is 19.0. The Labute approximate surface area is 201 Å². The number of nitrogens with one attached hydrogen (secondary N) is 3. The van der Waals surface area contributed by atoms with Crippen molar-refractivity contribution in [2.24, 2.45) is 0 Å². The Morgan fingerprint density at radius 1 is 0.886 bits per heavy atom. The van der Waals surface area contributed by atoms with Crippen molar-refractivity contribution in [1.29, 1.82) is 0 Å². The van der Waals surface area contributed by atoms with Gasteiger partial charge in [0.1, 0.15) is 17.2 Å². The number of fused-ring (bicyclic) bond motifs is 1. The van der Waals surface area contributed by atoms with Gasteiger partial charge in [-0.25, -0.2) is 4.98 Å². The SMILES string of the molecule is Cc1ccc(Nc2ccc(NCCNC(=O)c3ccc4noc(-c5ccccc5)c4c3)nn2)nc1. The molecule has 0 aliphatic heterocycles. The molecule has 3 aromatic heterocycles. The summed E-state index contributed by atoms with van der Waals surface area (Å²) >= 11 is 0. The van der Waals surface area contributed by atoms with Gasteiger partial charge in [-0.05, 0) is 48.9 Å². The molecule has 0 saturated heterocycles. The summed E-state index contributed by atoms with van der Waals surface area (Å²) in [6.07, 6.45) is 1.78. The molecule has 1 amide bonds. The van der Waals surface area contributed by atoms with Crippen molar-refractivity contribution >= 4 is 34.3 Å². The molecule has 0 spiro atoms. The van der Waals surface area contributed by atoms with E-state index in [2.05, 4.69) is 36.3 Å². The molecule has 0 aliphatic rings. The van der Waals surface area contributed by atoms with Crippen molar-refractivity contribution in [2.75, 3.05) is 23.7 Å². The highest BCUT2D eigenvalue weighted by molar-refractivity contribution is 6.01. The van der Waals surface area contributed by atoms with Crippen LogP contribution in [0.15, 0.2) is 83.5 Å². The van der Waals surface area contributed by atoms with E-state index in [0.29, 0.717) is 47.4 Å². The smallest absolute Gasteiger partial charge is 0.251 e. The first-order chi connectivity index (χ1) is 17.2. The molecule has 0 atom stereocenters. The zero-order valence-electron chi connectivity index (χ0n) is 19.0. The largest absolute Gasteiger partial charge is 0.367 e. The zero-order chi connectivity index (χ0) is 24.0. The molecule has 0 fully saturated rings. The highest BCUT2D eigenvalue weighted by Crippen LogP contribution is 2.29. The van der Waals surface area contributed by atoms with Crippen LogP contribution in [-0.2, 0) is 0 Å². The maximum absolute atomic E-state index is 12.7. The number of amides is 1. The highest BCUT2D eigenvalue weighted by Gasteiger charge is 2.13. The van der Waals surface area contributed by atoms with Crippen LogP contribution in [0.3, 0.4) is 0 Å². The topological polar surface area (TPSA) is 118 Å². The Balaban J connectivity index is 1.14. The van der Waals surface area contributed by atoms with E-state index in [9.17, 15) is 4.79 Å². The van der Waals surface area contributed by atoms with Gasteiger partial charge in [-0.15, -0.1) is 10.2 Å². The predicted molar refractivity (Wildman–Crippen MR) is 135 cm³/mol. The lowest BCUT2D eigenvalue weighted by molar-refractivity contribution is 0.0955. The van der Waals surface area contributed by atoms with E-state index in [1.165, 1.54) is 0 Å². The van der Waals surface area contributed by atoms with Gasteiger partial charge < -0.3 is 20.5 Å². The van der Waals surface area contributed by atoms with E-state index in [4.69, 9.17) is 4.52 Å². The first-order valence-electron chi connectivity index (χ1n) is 11.2. The van der Waals surface area contributed by atoms with E-state index in [1.54, 1.807) is 24.4 Å². The van der Waals surface area contributed by atoms with Crippen LogP contribution in [0.4, 0.5) is 17.5 Å². The number of aromatic nitrogens is 4. The lowest BCUT2D eigenvalue weighted by Crippen LogP contribution is -2.28. The van der Waals surface area contributed by atoms with Crippen molar-refractivity contribution < 1.29 is 9.32 Å². The van der Waals surface area contributed by atoms with Crippen LogP contribution in [0.1, 0.15) is 15.9 Å². The Morgan fingerprint density at radius 3 is 2.46 bits per heavy atom. The summed E-state index contributed by atoms with van der Waals surface area (Å²) in [7, 11) is 0. The van der Waals surface area contributed by atoms with Crippen molar-refractivity contribution in [2.45, 2.75) is 6.92 Å². The third-order valence-electron chi connectivity index (χ3n) is 5.32. The van der Waals surface area contributed by atoms with Gasteiger partial charge in [0.05, 0.1) is 5.39 Å². The van der Waals surface area contributed by atoms with Gasteiger partial charge in [-0.3, -0.25) is 4.79 Å². The Morgan fingerprint density at radius 2 is 1.69 bits per heavy atom. The summed E-state index contributed by atoms with van der Waals surface area (Å²) in [6.45, 7) is 2.90. The minimum absolute atomic E-state index is 0.176. The summed E-state index contributed by atoms with van der Waals surface area (Å²) in [5.41, 5.74) is 3.24. The monoisotopic (exact) mass is 465 g/mol. The summed E-state index contributed by atoms with van der Waals surface area (Å²) in [5.74, 6) is 2.38. The second kappa shape index (κ2) is 10.0. The number of rotatable bonds is 8. The number of benzene rings is 2. The Hall–Kier alpha value is -4.79. The standard InChI is InChI=1S/C26H23N7O2/c1-17-7-10-22(29-16-17)30-24-12-11-23(31-32-24)27-13-14-28-26(34)19-8-9-21-20(15-19)25(35-33-21)18-5-3-2-4-6-18/h2-12,15-16H,13-14H2,1H3,(H,27,31)(H,28,34)(H,29,30,32). The van der Waals surface area contributed by atoms with E-state index in [-0.39, 0.29) is 5.91 Å². The van der Waals surface area contributed by atoms with Crippen molar-refractivity contribution in [3.63, 3.8) is 0 Å². The van der Waals surface area contributed by atoms with Gasteiger partial charge in [0.25, 0.3) is 5.91 Å². The first-order valence-corrected chi connectivity index (χ1v) is 11.2. The molecule has 3 N–H and O–H groups in total. The summed E-state index contributed by atoms with van der Waals surface area (Å²) in [4.78, 5) is 17.0. The minimum atomic E-state index is -0.176. The van der Waals surface area contributed by atoms with Crippen LogP contribution < -0.4 is 16.0 Å². The third-order valence-corrected chi connectivity index (χ3v) is 5.32. The number of hydrogen-bond donors (Lipinski definition) is 3. The average molecular weight is 466 g/mol. The molecule has 0 aliphatic carbocycles. The molecular weight excluding hydrogens is 442 g/mol. The molecule has 5 aromatic rings. The lowest BCUT2D eigenvalue weighted by atomic mass is 10.1. The second-order valence-electron chi connectivity index (χ2n) is 7.94. The molecule has 35 heavy (non-hydrogen) atoms. The van der Waals surface area contributed by atoms with Gasteiger partial charge in [-0.1, -0.05) is 41.6 Å². The predicted octanol–water partition coefficient (Wildman–Crippen LogP) is 4.57. The fourth-order valence-corrected chi connectivity index (χ4v) is 3.52. The van der Waals surface area contributed by atoms with Crippen LogP contribution in [0.2, 0.25) is 0 Å². The molecule has 5 rings (SSSR count). The van der Waals surface area contributed by atoms with Crippen molar-refractivity contribution in [3.8, 4) is 11.3 Å².